The van der Waals surface area contributed by atoms with Crippen LogP contribution in [0.1, 0.15) is 18.5 Å². The van der Waals surface area contributed by atoms with Crippen LogP contribution in [0, 0.1) is 0 Å². The van der Waals surface area contributed by atoms with Crippen LogP contribution in [0.15, 0.2) is 18.2 Å². The maximum atomic E-state index is 5.89. The Morgan fingerprint density at radius 2 is 2.17 bits per heavy atom. The van der Waals surface area contributed by atoms with E-state index in [1.54, 1.807) is 13.2 Å². The van der Waals surface area contributed by atoms with Gasteiger partial charge in [-0.3, -0.25) is 0 Å². The van der Waals surface area contributed by atoms with E-state index in [4.69, 9.17) is 22.1 Å². The minimum Gasteiger partial charge on any atom is -0.495 e. The van der Waals surface area contributed by atoms with Gasteiger partial charge in [0.15, 0.2) is 0 Å². The van der Waals surface area contributed by atoms with Crippen molar-refractivity contribution in [2.24, 2.45) is 5.73 Å². The molecule has 0 heterocycles. The van der Waals surface area contributed by atoms with Crippen LogP contribution in [-0.2, 0) is 0 Å². The molecule has 0 aliphatic carbocycles. The molecule has 0 fully saturated rings. The molecule has 0 amide bonds. The van der Waals surface area contributed by atoms with Crippen molar-refractivity contribution in [3.63, 3.8) is 0 Å². The number of nitrogens with two attached hydrogens (primary N) is 1. The molecule has 0 unspecified atom stereocenters. The van der Waals surface area contributed by atoms with Gasteiger partial charge in [0, 0.05) is 11.6 Å². The van der Waals surface area contributed by atoms with Crippen LogP contribution >= 0.6 is 11.6 Å². The highest BCUT2D eigenvalue weighted by atomic mass is 35.5. The fraction of sp³-hybridized carbons (Fsp3) is 0.333. The van der Waals surface area contributed by atoms with Gasteiger partial charge < -0.3 is 10.5 Å². The summed E-state index contributed by atoms with van der Waals surface area (Å²) in [5.74, 6) is 0.675. The van der Waals surface area contributed by atoms with Crippen molar-refractivity contribution in [2.75, 3.05) is 7.11 Å². The molecule has 1 atom stereocenters. The van der Waals surface area contributed by atoms with E-state index in [2.05, 4.69) is 0 Å². The molecular weight excluding hydrogens is 174 g/mol. The van der Waals surface area contributed by atoms with E-state index in [1.165, 1.54) is 0 Å². The summed E-state index contributed by atoms with van der Waals surface area (Å²) >= 11 is 5.89. The molecule has 0 aliphatic heterocycles. The summed E-state index contributed by atoms with van der Waals surface area (Å²) in [4.78, 5) is 0. The molecule has 1 rings (SSSR count). The predicted octanol–water partition coefficient (Wildman–Crippen LogP) is 2.37. The lowest BCUT2D eigenvalue weighted by molar-refractivity contribution is 0.407. The number of benzene rings is 1. The quantitative estimate of drug-likeness (QED) is 0.768. The van der Waals surface area contributed by atoms with Crippen molar-refractivity contribution in [1.82, 2.24) is 0 Å². The molecule has 3 heteroatoms. The van der Waals surface area contributed by atoms with E-state index < -0.39 is 0 Å². The van der Waals surface area contributed by atoms with Crippen molar-refractivity contribution in [3.8, 4) is 5.75 Å². The minimum absolute atomic E-state index is 0.0568. The van der Waals surface area contributed by atoms with E-state index in [0.717, 1.165) is 5.56 Å². The lowest BCUT2D eigenvalue weighted by Crippen LogP contribution is -2.06. The first-order valence-electron chi connectivity index (χ1n) is 3.74. The van der Waals surface area contributed by atoms with Crippen molar-refractivity contribution < 1.29 is 4.74 Å². The minimum atomic E-state index is -0.0568. The first-order chi connectivity index (χ1) is 5.66. The summed E-state index contributed by atoms with van der Waals surface area (Å²) in [5, 5.41) is 0.604. The van der Waals surface area contributed by atoms with E-state index in [0.29, 0.717) is 10.8 Å². The largest absolute Gasteiger partial charge is 0.495 e. The second-order valence-electron chi connectivity index (χ2n) is 2.65. The number of hydrogen-bond donors (Lipinski definition) is 1. The zero-order chi connectivity index (χ0) is 9.14. The van der Waals surface area contributed by atoms with Gasteiger partial charge in [-0.1, -0.05) is 23.7 Å². The Morgan fingerprint density at radius 3 is 2.58 bits per heavy atom. The van der Waals surface area contributed by atoms with Gasteiger partial charge in [-0.05, 0) is 13.0 Å². The number of ether oxygens (including phenoxy) is 1. The maximum Gasteiger partial charge on any atom is 0.142 e. The third-order valence-corrected chi connectivity index (χ3v) is 1.99. The lowest BCUT2D eigenvalue weighted by atomic mass is 10.1. The van der Waals surface area contributed by atoms with Gasteiger partial charge in [0.25, 0.3) is 0 Å². The Kier molecular flexibility index (Phi) is 2.95. The monoisotopic (exact) mass is 185 g/mol. The standard InChI is InChI=1S/C9H12ClNO/c1-6(11)7-4-3-5-8(10)9(7)12-2/h3-6H,11H2,1-2H3/t6-/m1/s1. The Morgan fingerprint density at radius 1 is 1.50 bits per heavy atom. The highest BCUT2D eigenvalue weighted by Gasteiger charge is 2.09. The fourth-order valence-electron chi connectivity index (χ4n) is 1.10. The second kappa shape index (κ2) is 3.78. The summed E-state index contributed by atoms with van der Waals surface area (Å²) in [7, 11) is 1.59. The first kappa shape index (κ1) is 9.36. The Labute approximate surface area is 77.3 Å². The van der Waals surface area contributed by atoms with Crippen LogP contribution in [0.25, 0.3) is 0 Å². The average molecular weight is 186 g/mol. The molecule has 2 nitrogen and oxygen atoms in total. The lowest BCUT2D eigenvalue weighted by Gasteiger charge is -2.12. The van der Waals surface area contributed by atoms with Crippen LogP contribution in [-0.4, -0.2) is 7.11 Å². The molecule has 0 bridgehead atoms. The van der Waals surface area contributed by atoms with Gasteiger partial charge in [0.1, 0.15) is 5.75 Å². The van der Waals surface area contributed by atoms with E-state index in [-0.39, 0.29) is 6.04 Å². The molecule has 0 aromatic heterocycles. The van der Waals surface area contributed by atoms with E-state index in [9.17, 15) is 0 Å². The predicted molar refractivity (Wildman–Crippen MR) is 50.6 cm³/mol. The van der Waals surface area contributed by atoms with E-state index in [1.807, 2.05) is 19.1 Å². The second-order valence-corrected chi connectivity index (χ2v) is 3.06. The van der Waals surface area contributed by atoms with Crippen LogP contribution < -0.4 is 10.5 Å². The summed E-state index contributed by atoms with van der Waals surface area (Å²) in [6, 6.07) is 5.50. The van der Waals surface area contributed by atoms with Gasteiger partial charge >= 0.3 is 0 Å². The molecule has 0 saturated carbocycles. The highest BCUT2D eigenvalue weighted by Crippen LogP contribution is 2.31. The molecule has 2 N–H and O–H groups in total. The molecular formula is C9H12ClNO. The highest BCUT2D eigenvalue weighted by molar-refractivity contribution is 6.32. The first-order valence-corrected chi connectivity index (χ1v) is 4.12. The summed E-state index contributed by atoms with van der Waals surface area (Å²) in [6.07, 6.45) is 0. The Bertz CT molecular complexity index is 273. The van der Waals surface area contributed by atoms with Crippen molar-refractivity contribution in [2.45, 2.75) is 13.0 Å². The number of para-hydroxylation sites is 1. The molecule has 0 aliphatic rings. The van der Waals surface area contributed by atoms with Crippen LogP contribution in [0.4, 0.5) is 0 Å². The topological polar surface area (TPSA) is 35.2 Å². The molecule has 12 heavy (non-hydrogen) atoms. The normalized spacial score (nSPS) is 12.7. The molecule has 1 aromatic rings. The van der Waals surface area contributed by atoms with Crippen molar-refractivity contribution >= 4 is 11.6 Å². The summed E-state index contributed by atoms with van der Waals surface area (Å²) in [5.41, 5.74) is 6.66. The van der Waals surface area contributed by atoms with Gasteiger partial charge in [-0.2, -0.15) is 0 Å². The van der Waals surface area contributed by atoms with Gasteiger partial charge in [-0.15, -0.1) is 0 Å². The van der Waals surface area contributed by atoms with Crippen molar-refractivity contribution in [1.29, 1.82) is 0 Å². The molecule has 66 valence electrons. The molecule has 0 radical (unpaired) electrons. The van der Waals surface area contributed by atoms with Crippen LogP contribution in [0.3, 0.4) is 0 Å². The smallest absolute Gasteiger partial charge is 0.142 e. The van der Waals surface area contributed by atoms with Gasteiger partial charge in [0.05, 0.1) is 12.1 Å². The fourth-order valence-corrected chi connectivity index (χ4v) is 1.36. The van der Waals surface area contributed by atoms with Gasteiger partial charge in [0.2, 0.25) is 0 Å². The molecule has 1 aromatic carbocycles. The Hall–Kier alpha value is -0.730. The SMILES string of the molecule is COc1c(Cl)cccc1[C@@H](C)N. The van der Waals surface area contributed by atoms with Crippen LogP contribution in [0.5, 0.6) is 5.75 Å². The average Bonchev–Trinajstić information content (AvgIpc) is 2.03. The summed E-state index contributed by atoms with van der Waals surface area (Å²) in [6.45, 7) is 1.90. The third kappa shape index (κ3) is 1.71. The van der Waals surface area contributed by atoms with Gasteiger partial charge in [-0.25, -0.2) is 0 Å². The third-order valence-electron chi connectivity index (χ3n) is 1.69. The zero-order valence-electron chi connectivity index (χ0n) is 7.17. The number of rotatable bonds is 2. The number of hydrogen-bond acceptors (Lipinski definition) is 2. The van der Waals surface area contributed by atoms with Crippen molar-refractivity contribution in [3.05, 3.63) is 28.8 Å². The summed E-state index contributed by atoms with van der Waals surface area (Å²) < 4.78 is 5.13. The molecule has 0 saturated heterocycles. The zero-order valence-corrected chi connectivity index (χ0v) is 7.93. The number of halogens is 1. The Balaban J connectivity index is 3.18. The maximum absolute atomic E-state index is 5.89. The van der Waals surface area contributed by atoms with E-state index >= 15 is 0 Å². The molecule has 0 spiro atoms. The number of methoxy groups -OCH3 is 1. The van der Waals surface area contributed by atoms with Crippen LogP contribution in [0.2, 0.25) is 5.02 Å².